The summed E-state index contributed by atoms with van der Waals surface area (Å²) in [6.45, 7) is 3.43. The molecule has 86 valence electrons. The van der Waals surface area contributed by atoms with Gasteiger partial charge in [-0.05, 0) is 31.9 Å². The molecular formula is C12H16N2O2. The van der Waals surface area contributed by atoms with Crippen LogP contribution in [0.25, 0.3) is 0 Å². The Kier molecular flexibility index (Phi) is 2.99. The van der Waals surface area contributed by atoms with Crippen molar-refractivity contribution in [1.82, 2.24) is 4.90 Å². The van der Waals surface area contributed by atoms with Crippen molar-refractivity contribution in [3.8, 4) is 5.75 Å². The van der Waals surface area contributed by atoms with E-state index in [0.29, 0.717) is 11.3 Å². The number of likely N-dealkylation sites (tertiary alicyclic amines) is 1. The van der Waals surface area contributed by atoms with E-state index in [0.717, 1.165) is 25.9 Å². The van der Waals surface area contributed by atoms with Crippen molar-refractivity contribution >= 4 is 11.7 Å². The van der Waals surface area contributed by atoms with Crippen molar-refractivity contribution in [3.63, 3.8) is 0 Å². The third kappa shape index (κ3) is 2.10. The summed E-state index contributed by atoms with van der Waals surface area (Å²) in [5.41, 5.74) is 1.38. The second kappa shape index (κ2) is 4.43. The number of urea groups is 1. The molecule has 0 aliphatic carbocycles. The van der Waals surface area contributed by atoms with E-state index < -0.39 is 0 Å². The number of nitrogens with zero attached hydrogens (tertiary/aromatic N) is 1. The molecule has 0 bridgehead atoms. The molecule has 0 unspecified atom stereocenters. The third-order valence-corrected chi connectivity index (χ3v) is 2.94. The molecule has 1 heterocycles. The molecule has 2 rings (SSSR count). The molecule has 1 aromatic rings. The SMILES string of the molecule is Cc1c(O)cccc1NC(=O)N1CCCC1. The highest BCUT2D eigenvalue weighted by Gasteiger charge is 2.18. The summed E-state index contributed by atoms with van der Waals surface area (Å²) in [5.74, 6) is 0.208. The summed E-state index contributed by atoms with van der Waals surface area (Å²) in [6, 6.07) is 5.05. The van der Waals surface area contributed by atoms with Gasteiger partial charge in [-0.2, -0.15) is 0 Å². The minimum absolute atomic E-state index is 0.0776. The van der Waals surface area contributed by atoms with Crippen LogP contribution in [0.5, 0.6) is 5.75 Å². The average Bonchev–Trinajstić information content (AvgIpc) is 2.78. The Morgan fingerprint density at radius 2 is 2.06 bits per heavy atom. The van der Waals surface area contributed by atoms with Gasteiger partial charge in [-0.25, -0.2) is 4.79 Å². The summed E-state index contributed by atoms with van der Waals surface area (Å²) in [7, 11) is 0. The highest BCUT2D eigenvalue weighted by Crippen LogP contribution is 2.24. The minimum Gasteiger partial charge on any atom is -0.508 e. The van der Waals surface area contributed by atoms with E-state index in [4.69, 9.17) is 0 Å². The number of hydrogen-bond donors (Lipinski definition) is 2. The van der Waals surface area contributed by atoms with E-state index in [1.807, 2.05) is 0 Å². The van der Waals surface area contributed by atoms with Gasteiger partial charge < -0.3 is 15.3 Å². The van der Waals surface area contributed by atoms with Crippen LogP contribution in [-0.2, 0) is 0 Å². The van der Waals surface area contributed by atoms with Gasteiger partial charge >= 0.3 is 6.03 Å². The third-order valence-electron chi connectivity index (χ3n) is 2.94. The van der Waals surface area contributed by atoms with Crippen LogP contribution < -0.4 is 5.32 Å². The summed E-state index contributed by atoms with van der Waals surface area (Å²) in [6.07, 6.45) is 2.15. The summed E-state index contributed by atoms with van der Waals surface area (Å²) >= 11 is 0. The number of hydrogen-bond acceptors (Lipinski definition) is 2. The number of phenolic OH excluding ortho intramolecular Hbond substituents is 1. The highest BCUT2D eigenvalue weighted by atomic mass is 16.3. The predicted molar refractivity (Wildman–Crippen MR) is 62.7 cm³/mol. The van der Waals surface area contributed by atoms with Crippen LogP contribution in [0.2, 0.25) is 0 Å². The van der Waals surface area contributed by atoms with E-state index >= 15 is 0 Å². The zero-order chi connectivity index (χ0) is 11.5. The maximum atomic E-state index is 11.8. The lowest BCUT2D eigenvalue weighted by molar-refractivity contribution is 0.222. The zero-order valence-corrected chi connectivity index (χ0v) is 9.36. The van der Waals surface area contributed by atoms with Crippen LogP contribution in [0.1, 0.15) is 18.4 Å². The molecule has 0 aromatic heterocycles. The van der Waals surface area contributed by atoms with Gasteiger partial charge in [-0.1, -0.05) is 6.07 Å². The largest absolute Gasteiger partial charge is 0.508 e. The lowest BCUT2D eigenvalue weighted by Gasteiger charge is -2.17. The number of aromatic hydroxyl groups is 1. The normalized spacial score (nSPS) is 15.2. The number of carbonyl (C=O) groups is 1. The van der Waals surface area contributed by atoms with Crippen molar-refractivity contribution in [1.29, 1.82) is 0 Å². The zero-order valence-electron chi connectivity index (χ0n) is 9.36. The Hall–Kier alpha value is -1.71. The lowest BCUT2D eigenvalue weighted by Crippen LogP contribution is -2.32. The number of rotatable bonds is 1. The smallest absolute Gasteiger partial charge is 0.321 e. The van der Waals surface area contributed by atoms with Crippen molar-refractivity contribution in [3.05, 3.63) is 23.8 Å². The van der Waals surface area contributed by atoms with E-state index in [1.54, 1.807) is 30.0 Å². The highest BCUT2D eigenvalue weighted by molar-refractivity contribution is 5.90. The first-order valence-corrected chi connectivity index (χ1v) is 5.53. The van der Waals surface area contributed by atoms with Crippen LogP contribution in [-0.4, -0.2) is 29.1 Å². The van der Waals surface area contributed by atoms with Crippen molar-refractivity contribution < 1.29 is 9.90 Å². The van der Waals surface area contributed by atoms with Crippen LogP contribution >= 0.6 is 0 Å². The quantitative estimate of drug-likeness (QED) is 0.763. The molecule has 2 amide bonds. The maximum Gasteiger partial charge on any atom is 0.321 e. The second-order valence-electron chi connectivity index (χ2n) is 4.07. The molecule has 0 atom stereocenters. The Bertz CT molecular complexity index is 398. The van der Waals surface area contributed by atoms with E-state index in [-0.39, 0.29) is 11.8 Å². The van der Waals surface area contributed by atoms with E-state index in [2.05, 4.69) is 5.32 Å². The van der Waals surface area contributed by atoms with Crippen LogP contribution in [0, 0.1) is 6.92 Å². The maximum absolute atomic E-state index is 11.8. The first-order chi connectivity index (χ1) is 7.68. The molecule has 4 heteroatoms. The molecule has 4 nitrogen and oxygen atoms in total. The minimum atomic E-state index is -0.0776. The molecule has 0 radical (unpaired) electrons. The van der Waals surface area contributed by atoms with Gasteiger partial charge in [0.25, 0.3) is 0 Å². The lowest BCUT2D eigenvalue weighted by atomic mass is 10.2. The van der Waals surface area contributed by atoms with Crippen LogP contribution in [0.4, 0.5) is 10.5 Å². The predicted octanol–water partition coefficient (Wildman–Crippen LogP) is 2.33. The molecule has 0 spiro atoms. The van der Waals surface area contributed by atoms with Gasteiger partial charge in [-0.15, -0.1) is 0 Å². The van der Waals surface area contributed by atoms with Gasteiger partial charge in [0, 0.05) is 24.3 Å². The molecule has 16 heavy (non-hydrogen) atoms. The molecule has 1 aromatic carbocycles. The fourth-order valence-electron chi connectivity index (χ4n) is 1.87. The van der Waals surface area contributed by atoms with Gasteiger partial charge in [0.1, 0.15) is 5.75 Å². The van der Waals surface area contributed by atoms with Crippen LogP contribution in [0.15, 0.2) is 18.2 Å². The second-order valence-corrected chi connectivity index (χ2v) is 4.07. The Labute approximate surface area is 94.9 Å². The molecule has 1 saturated heterocycles. The van der Waals surface area contributed by atoms with Crippen LogP contribution in [0.3, 0.4) is 0 Å². The Morgan fingerprint density at radius 3 is 2.75 bits per heavy atom. The Morgan fingerprint density at radius 1 is 1.38 bits per heavy atom. The number of anilines is 1. The molecular weight excluding hydrogens is 204 g/mol. The van der Waals surface area contributed by atoms with Crippen molar-refractivity contribution in [2.45, 2.75) is 19.8 Å². The fourth-order valence-corrected chi connectivity index (χ4v) is 1.87. The van der Waals surface area contributed by atoms with Gasteiger partial charge in [0.15, 0.2) is 0 Å². The topological polar surface area (TPSA) is 52.6 Å². The molecule has 0 saturated carbocycles. The van der Waals surface area contributed by atoms with Crippen molar-refractivity contribution in [2.75, 3.05) is 18.4 Å². The average molecular weight is 220 g/mol. The first kappa shape index (κ1) is 10.8. The number of amides is 2. The number of nitrogens with one attached hydrogen (secondary N) is 1. The monoisotopic (exact) mass is 220 g/mol. The van der Waals surface area contributed by atoms with Gasteiger partial charge in [-0.3, -0.25) is 0 Å². The van der Waals surface area contributed by atoms with Crippen molar-refractivity contribution in [2.24, 2.45) is 0 Å². The summed E-state index contributed by atoms with van der Waals surface area (Å²) in [5, 5.41) is 12.3. The van der Waals surface area contributed by atoms with Gasteiger partial charge in [0.05, 0.1) is 0 Å². The Balaban J connectivity index is 2.08. The number of benzene rings is 1. The number of carbonyl (C=O) groups excluding carboxylic acids is 1. The van der Waals surface area contributed by atoms with Gasteiger partial charge in [0.2, 0.25) is 0 Å². The van der Waals surface area contributed by atoms with E-state index in [1.165, 1.54) is 0 Å². The summed E-state index contributed by atoms with van der Waals surface area (Å²) < 4.78 is 0. The fraction of sp³-hybridized carbons (Fsp3) is 0.417. The molecule has 2 N–H and O–H groups in total. The summed E-state index contributed by atoms with van der Waals surface area (Å²) in [4.78, 5) is 13.6. The standard InChI is InChI=1S/C12H16N2O2/c1-9-10(5-4-6-11(9)15)13-12(16)14-7-2-3-8-14/h4-6,15H,2-3,7-8H2,1H3,(H,13,16). The molecule has 1 fully saturated rings. The first-order valence-electron chi connectivity index (χ1n) is 5.53. The number of phenols is 1. The molecule has 1 aliphatic heterocycles. The van der Waals surface area contributed by atoms with E-state index in [9.17, 15) is 9.90 Å². The molecule has 1 aliphatic rings.